The molecule has 1 aromatic carbocycles. The zero-order valence-corrected chi connectivity index (χ0v) is 21.8. The number of thiophene rings is 1. The van der Waals surface area contributed by atoms with Gasteiger partial charge < -0.3 is 0 Å². The Balaban J connectivity index is 1.56. The third-order valence-electron chi connectivity index (χ3n) is 5.80. The Kier molecular flexibility index (Phi) is 7.05. The molecule has 1 amide bonds. The van der Waals surface area contributed by atoms with Gasteiger partial charge in [0.2, 0.25) is 5.91 Å². The highest BCUT2D eigenvalue weighted by molar-refractivity contribution is 7.91. The van der Waals surface area contributed by atoms with Gasteiger partial charge in [-0.2, -0.15) is 4.31 Å². The largest absolute Gasteiger partial charge is 0.281 e. The van der Waals surface area contributed by atoms with E-state index in [0.29, 0.717) is 29.3 Å². The van der Waals surface area contributed by atoms with E-state index in [4.69, 9.17) is 11.6 Å². The number of piperidine rings is 1. The average molecular weight is 569 g/mol. The Labute approximate surface area is 219 Å². The van der Waals surface area contributed by atoms with Gasteiger partial charge in [0.15, 0.2) is 10.9 Å². The van der Waals surface area contributed by atoms with Crippen molar-refractivity contribution in [2.24, 2.45) is 0 Å². The van der Waals surface area contributed by atoms with Gasteiger partial charge in [-0.1, -0.05) is 35.4 Å². The van der Waals surface area contributed by atoms with Crippen LogP contribution in [-0.4, -0.2) is 41.2 Å². The lowest BCUT2D eigenvalue weighted by molar-refractivity contribution is -0.123. The molecule has 0 spiro atoms. The molecule has 36 heavy (non-hydrogen) atoms. The first-order chi connectivity index (χ1) is 17.2. The maximum absolute atomic E-state index is 14.4. The topological polar surface area (TPSA) is 83.5 Å². The summed E-state index contributed by atoms with van der Waals surface area (Å²) in [6.45, 7) is 0.157. The first-order valence-corrected chi connectivity index (χ1v) is 14.4. The van der Waals surface area contributed by atoms with Crippen molar-refractivity contribution in [2.75, 3.05) is 11.4 Å². The van der Waals surface area contributed by atoms with Gasteiger partial charge in [-0.15, -0.1) is 11.3 Å². The fraction of sp³-hybridized carbons (Fsp3) is 0.261. The zero-order valence-electron chi connectivity index (χ0n) is 18.6. The van der Waals surface area contributed by atoms with Crippen LogP contribution in [0.5, 0.6) is 0 Å². The highest BCUT2D eigenvalue weighted by Crippen LogP contribution is 2.36. The van der Waals surface area contributed by atoms with Crippen LogP contribution < -0.4 is 4.90 Å². The maximum Gasteiger partial charge on any atom is 0.253 e. The first-order valence-electron chi connectivity index (χ1n) is 11.0. The number of sulfonamides is 1. The molecule has 4 heterocycles. The number of carbonyl (C=O) groups excluding carboxylic acids is 1. The van der Waals surface area contributed by atoms with Gasteiger partial charge >= 0.3 is 0 Å². The molecule has 0 bridgehead atoms. The number of anilines is 1. The summed E-state index contributed by atoms with van der Waals surface area (Å²) >= 11 is 7.86. The summed E-state index contributed by atoms with van der Waals surface area (Å²) < 4.78 is 56.9. The summed E-state index contributed by atoms with van der Waals surface area (Å²) in [7, 11) is -3.98. The van der Waals surface area contributed by atoms with Gasteiger partial charge in [0.25, 0.3) is 10.0 Å². The summed E-state index contributed by atoms with van der Waals surface area (Å²) in [6.07, 6.45) is 3.14. The van der Waals surface area contributed by atoms with Gasteiger partial charge in [0.05, 0.1) is 21.3 Å². The van der Waals surface area contributed by atoms with Crippen molar-refractivity contribution in [3.05, 3.63) is 70.3 Å². The second kappa shape index (κ2) is 10.1. The number of hydrogen-bond acceptors (Lipinski definition) is 7. The Hall–Kier alpha value is -2.51. The summed E-state index contributed by atoms with van der Waals surface area (Å²) in [5.74, 6) is -2.10. The lowest BCUT2D eigenvalue weighted by atomic mass is 10.0. The molecule has 3 aromatic heterocycles. The van der Waals surface area contributed by atoms with Crippen molar-refractivity contribution in [1.82, 2.24) is 14.3 Å². The Morgan fingerprint density at radius 2 is 2.00 bits per heavy atom. The van der Waals surface area contributed by atoms with Crippen LogP contribution in [0, 0.1) is 11.6 Å². The van der Waals surface area contributed by atoms with Gasteiger partial charge in [0.1, 0.15) is 21.6 Å². The molecule has 0 radical (unpaired) electrons. The number of thiazole rings is 1. The van der Waals surface area contributed by atoms with Crippen LogP contribution in [0.25, 0.3) is 10.2 Å². The number of benzene rings is 1. The molecule has 0 aliphatic carbocycles. The summed E-state index contributed by atoms with van der Waals surface area (Å²) in [5.41, 5.74) is 0.476. The lowest BCUT2D eigenvalue weighted by Crippen LogP contribution is -2.52. The Morgan fingerprint density at radius 3 is 2.72 bits per heavy atom. The summed E-state index contributed by atoms with van der Waals surface area (Å²) in [5, 5.41) is 0.132. The smallest absolute Gasteiger partial charge is 0.253 e. The highest BCUT2D eigenvalue weighted by Gasteiger charge is 2.41. The second-order valence-corrected chi connectivity index (χ2v) is 13.0. The van der Waals surface area contributed by atoms with Crippen LogP contribution in [0.2, 0.25) is 4.34 Å². The zero-order chi connectivity index (χ0) is 25.4. The van der Waals surface area contributed by atoms with E-state index < -0.39 is 33.6 Å². The normalized spacial score (nSPS) is 16.9. The SMILES string of the molecule is O=C(C1CCCCN1S(=O)(=O)c1ccc(Cl)s1)N(Cc1ccccn1)c1nc2c(F)cc(F)cc2s1. The number of amides is 1. The molecule has 13 heteroatoms. The van der Waals surface area contributed by atoms with Gasteiger partial charge in [0, 0.05) is 18.8 Å². The molecule has 188 valence electrons. The van der Waals surface area contributed by atoms with Crippen molar-refractivity contribution in [3.63, 3.8) is 0 Å². The number of hydrogen-bond donors (Lipinski definition) is 0. The van der Waals surface area contributed by atoms with Crippen LogP contribution >= 0.6 is 34.3 Å². The third-order valence-corrected chi connectivity index (χ3v) is 10.4. The van der Waals surface area contributed by atoms with Crippen LogP contribution in [-0.2, 0) is 21.4 Å². The van der Waals surface area contributed by atoms with Gasteiger partial charge in [-0.05, 0) is 43.2 Å². The van der Waals surface area contributed by atoms with E-state index in [2.05, 4.69) is 9.97 Å². The summed E-state index contributed by atoms with van der Waals surface area (Å²) in [4.78, 5) is 23.9. The molecule has 0 saturated carbocycles. The molecule has 5 rings (SSSR count). The van der Waals surface area contributed by atoms with E-state index in [-0.39, 0.29) is 32.6 Å². The average Bonchev–Trinajstić information content (AvgIpc) is 3.50. The number of carbonyl (C=O) groups is 1. The minimum Gasteiger partial charge on any atom is -0.281 e. The van der Waals surface area contributed by atoms with Crippen molar-refractivity contribution < 1.29 is 22.0 Å². The van der Waals surface area contributed by atoms with E-state index in [9.17, 15) is 22.0 Å². The van der Waals surface area contributed by atoms with Crippen molar-refractivity contribution >= 4 is 65.6 Å². The van der Waals surface area contributed by atoms with E-state index in [1.165, 1.54) is 21.3 Å². The van der Waals surface area contributed by atoms with Gasteiger partial charge in [-0.25, -0.2) is 22.2 Å². The molecule has 0 N–H and O–H groups in total. The second-order valence-electron chi connectivity index (χ2n) is 8.16. The third kappa shape index (κ3) is 4.88. The summed E-state index contributed by atoms with van der Waals surface area (Å²) in [6, 6.07) is 9.03. The predicted molar refractivity (Wildman–Crippen MR) is 136 cm³/mol. The highest BCUT2D eigenvalue weighted by atomic mass is 35.5. The molecule has 1 aliphatic heterocycles. The molecule has 7 nitrogen and oxygen atoms in total. The molecule has 1 atom stereocenters. The minimum atomic E-state index is -3.98. The van der Waals surface area contributed by atoms with Crippen LogP contribution in [0.15, 0.2) is 52.9 Å². The standard InChI is InChI=1S/C23H19ClF2N4O3S3/c24-19-7-8-20(35-19)36(32,33)30-10-4-2-6-17(30)22(31)29(13-15-5-1-3-9-27-15)23-28-21-16(26)11-14(25)12-18(21)34-23/h1,3,5,7-9,11-12,17H,2,4,6,10,13H2. The Morgan fingerprint density at radius 1 is 1.17 bits per heavy atom. The fourth-order valence-electron chi connectivity index (χ4n) is 4.13. The van der Waals surface area contributed by atoms with Crippen molar-refractivity contribution in [2.45, 2.75) is 36.1 Å². The molecule has 1 aliphatic rings. The maximum atomic E-state index is 14.4. The van der Waals surface area contributed by atoms with Crippen molar-refractivity contribution in [1.29, 1.82) is 0 Å². The number of halogens is 3. The number of pyridine rings is 1. The lowest BCUT2D eigenvalue weighted by Gasteiger charge is -2.35. The molecule has 1 unspecified atom stereocenters. The van der Waals surface area contributed by atoms with E-state index in [1.807, 2.05) is 0 Å². The van der Waals surface area contributed by atoms with Crippen LogP contribution in [0.3, 0.4) is 0 Å². The molecule has 1 fully saturated rings. The van der Waals surface area contributed by atoms with E-state index in [1.54, 1.807) is 24.4 Å². The predicted octanol–water partition coefficient (Wildman–Crippen LogP) is 5.46. The number of rotatable bonds is 6. The van der Waals surface area contributed by atoms with Crippen LogP contribution in [0.1, 0.15) is 25.0 Å². The molecule has 4 aromatic rings. The molecular weight excluding hydrogens is 550 g/mol. The number of nitrogens with zero attached hydrogens (tertiary/aromatic N) is 4. The number of fused-ring (bicyclic) bond motifs is 1. The Bertz CT molecular complexity index is 1530. The van der Waals surface area contributed by atoms with E-state index >= 15 is 0 Å². The van der Waals surface area contributed by atoms with Gasteiger partial charge in [-0.3, -0.25) is 14.7 Å². The van der Waals surface area contributed by atoms with Crippen molar-refractivity contribution in [3.8, 4) is 0 Å². The molecular formula is C23H19ClF2N4O3S3. The fourth-order valence-corrected chi connectivity index (χ4v) is 8.40. The monoisotopic (exact) mass is 568 g/mol. The first kappa shape index (κ1) is 25.2. The quantitative estimate of drug-likeness (QED) is 0.308. The van der Waals surface area contributed by atoms with Crippen LogP contribution in [0.4, 0.5) is 13.9 Å². The molecule has 1 saturated heterocycles. The van der Waals surface area contributed by atoms with E-state index in [0.717, 1.165) is 34.8 Å². The number of aromatic nitrogens is 2. The minimum absolute atomic E-state index is 0.0151.